The van der Waals surface area contributed by atoms with Gasteiger partial charge in [-0.2, -0.15) is 0 Å². The van der Waals surface area contributed by atoms with Crippen LogP contribution < -0.4 is 10.1 Å². The van der Waals surface area contributed by atoms with Crippen molar-refractivity contribution in [2.45, 2.75) is 26.4 Å². The average molecular weight is 223 g/mol. The molecule has 2 N–H and O–H groups in total. The number of para-hydroxylation sites is 1. The van der Waals surface area contributed by atoms with Gasteiger partial charge in [0.2, 0.25) is 0 Å². The van der Waals surface area contributed by atoms with Crippen molar-refractivity contribution in [1.29, 1.82) is 0 Å². The molecule has 0 spiro atoms. The van der Waals surface area contributed by atoms with Crippen LogP contribution in [-0.4, -0.2) is 30.9 Å². The lowest BCUT2D eigenvalue weighted by atomic mass is 10.2. The van der Waals surface area contributed by atoms with Gasteiger partial charge in [0.15, 0.2) is 0 Å². The molecular weight excluding hydrogens is 202 g/mol. The molecule has 0 aliphatic heterocycles. The Hall–Kier alpha value is -1.06. The molecule has 0 heterocycles. The van der Waals surface area contributed by atoms with Crippen LogP contribution in [0.4, 0.5) is 0 Å². The zero-order valence-corrected chi connectivity index (χ0v) is 10.1. The summed E-state index contributed by atoms with van der Waals surface area (Å²) in [5.74, 6) is 0.844. The Morgan fingerprint density at radius 1 is 1.38 bits per heavy atom. The van der Waals surface area contributed by atoms with E-state index in [1.165, 1.54) is 0 Å². The van der Waals surface area contributed by atoms with Crippen LogP contribution >= 0.6 is 0 Å². The Morgan fingerprint density at radius 3 is 2.81 bits per heavy atom. The van der Waals surface area contributed by atoms with E-state index < -0.39 is 6.10 Å². The van der Waals surface area contributed by atoms with E-state index in [-0.39, 0.29) is 0 Å². The van der Waals surface area contributed by atoms with Crippen molar-refractivity contribution in [3.05, 3.63) is 29.8 Å². The van der Waals surface area contributed by atoms with Crippen molar-refractivity contribution < 1.29 is 9.84 Å². The molecule has 3 heteroatoms. The van der Waals surface area contributed by atoms with Gasteiger partial charge in [0, 0.05) is 6.54 Å². The summed E-state index contributed by atoms with van der Waals surface area (Å²) in [5, 5.41) is 12.8. The van der Waals surface area contributed by atoms with E-state index in [1.54, 1.807) is 0 Å². The number of aliphatic hydroxyl groups excluding tert-OH is 1. The molecule has 1 atom stereocenters. The van der Waals surface area contributed by atoms with Crippen molar-refractivity contribution in [2.75, 3.05) is 19.7 Å². The second kappa shape index (κ2) is 7.25. The summed E-state index contributed by atoms with van der Waals surface area (Å²) in [7, 11) is 0. The average Bonchev–Trinajstić information content (AvgIpc) is 2.28. The SMILES string of the molecule is CCCNC[C@@H](O)COc1ccccc1C. The van der Waals surface area contributed by atoms with Gasteiger partial charge in [0.1, 0.15) is 18.5 Å². The van der Waals surface area contributed by atoms with Gasteiger partial charge in [-0.3, -0.25) is 0 Å². The number of aryl methyl sites for hydroxylation is 1. The van der Waals surface area contributed by atoms with Crippen LogP contribution in [0.3, 0.4) is 0 Å². The van der Waals surface area contributed by atoms with Crippen LogP contribution in [0.15, 0.2) is 24.3 Å². The van der Waals surface area contributed by atoms with Crippen molar-refractivity contribution >= 4 is 0 Å². The first-order chi connectivity index (χ1) is 7.74. The smallest absolute Gasteiger partial charge is 0.122 e. The first-order valence-corrected chi connectivity index (χ1v) is 5.81. The van der Waals surface area contributed by atoms with Crippen LogP contribution in [-0.2, 0) is 0 Å². The topological polar surface area (TPSA) is 41.5 Å². The standard InChI is InChI=1S/C13H21NO2/c1-3-8-14-9-12(15)10-16-13-7-5-4-6-11(13)2/h4-7,12,14-15H,3,8-10H2,1-2H3/t12-/m1/s1. The third-order valence-electron chi connectivity index (χ3n) is 2.33. The monoisotopic (exact) mass is 223 g/mol. The summed E-state index contributed by atoms with van der Waals surface area (Å²) in [6.45, 7) is 5.95. The fraction of sp³-hybridized carbons (Fsp3) is 0.538. The van der Waals surface area contributed by atoms with Gasteiger partial charge in [-0.1, -0.05) is 25.1 Å². The number of hydrogen-bond donors (Lipinski definition) is 2. The Morgan fingerprint density at radius 2 is 2.12 bits per heavy atom. The minimum Gasteiger partial charge on any atom is -0.491 e. The summed E-state index contributed by atoms with van der Waals surface area (Å²) in [6, 6.07) is 7.82. The first kappa shape index (κ1) is 13.0. The van der Waals surface area contributed by atoms with E-state index in [0.717, 1.165) is 24.3 Å². The number of benzene rings is 1. The fourth-order valence-electron chi connectivity index (χ4n) is 1.41. The quantitative estimate of drug-likeness (QED) is 0.692. The van der Waals surface area contributed by atoms with E-state index >= 15 is 0 Å². The van der Waals surface area contributed by atoms with Crippen molar-refractivity contribution in [3.63, 3.8) is 0 Å². The molecule has 0 aliphatic rings. The maximum atomic E-state index is 9.64. The molecule has 0 bridgehead atoms. The molecule has 1 aromatic rings. The third kappa shape index (κ3) is 4.64. The molecule has 3 nitrogen and oxygen atoms in total. The summed E-state index contributed by atoms with van der Waals surface area (Å²) < 4.78 is 5.54. The van der Waals surface area contributed by atoms with E-state index in [2.05, 4.69) is 12.2 Å². The highest BCUT2D eigenvalue weighted by Gasteiger charge is 2.05. The number of aliphatic hydroxyl groups is 1. The molecule has 0 saturated carbocycles. The molecular formula is C13H21NO2. The zero-order valence-electron chi connectivity index (χ0n) is 10.1. The first-order valence-electron chi connectivity index (χ1n) is 5.81. The fourth-order valence-corrected chi connectivity index (χ4v) is 1.41. The second-order valence-electron chi connectivity index (χ2n) is 3.93. The molecule has 0 amide bonds. The molecule has 0 saturated heterocycles. The van der Waals surface area contributed by atoms with Gasteiger partial charge in [-0.15, -0.1) is 0 Å². The molecule has 0 aliphatic carbocycles. The molecule has 0 aromatic heterocycles. The predicted molar refractivity (Wildman–Crippen MR) is 65.8 cm³/mol. The zero-order chi connectivity index (χ0) is 11.8. The van der Waals surface area contributed by atoms with Crippen LogP contribution in [0, 0.1) is 6.92 Å². The van der Waals surface area contributed by atoms with Crippen LogP contribution in [0.2, 0.25) is 0 Å². The van der Waals surface area contributed by atoms with E-state index in [1.807, 2.05) is 31.2 Å². The highest BCUT2D eigenvalue weighted by molar-refractivity contribution is 5.31. The Bertz CT molecular complexity index is 302. The normalized spacial score (nSPS) is 12.4. The highest BCUT2D eigenvalue weighted by Crippen LogP contribution is 2.15. The van der Waals surface area contributed by atoms with Crippen molar-refractivity contribution in [3.8, 4) is 5.75 Å². The lowest BCUT2D eigenvalue weighted by Gasteiger charge is -2.14. The number of hydrogen-bond acceptors (Lipinski definition) is 3. The Kier molecular flexibility index (Phi) is 5.90. The summed E-state index contributed by atoms with van der Waals surface area (Å²) in [5.41, 5.74) is 1.09. The van der Waals surface area contributed by atoms with E-state index in [9.17, 15) is 5.11 Å². The lowest BCUT2D eigenvalue weighted by molar-refractivity contribution is 0.106. The van der Waals surface area contributed by atoms with Gasteiger partial charge >= 0.3 is 0 Å². The molecule has 1 aromatic carbocycles. The summed E-state index contributed by atoms with van der Waals surface area (Å²) in [4.78, 5) is 0. The van der Waals surface area contributed by atoms with Crippen LogP contribution in [0.5, 0.6) is 5.75 Å². The van der Waals surface area contributed by atoms with Gasteiger partial charge in [0.05, 0.1) is 0 Å². The van der Waals surface area contributed by atoms with Gasteiger partial charge in [-0.05, 0) is 31.5 Å². The van der Waals surface area contributed by atoms with Gasteiger partial charge in [0.25, 0.3) is 0 Å². The molecule has 0 radical (unpaired) electrons. The Labute approximate surface area is 97.4 Å². The second-order valence-corrected chi connectivity index (χ2v) is 3.93. The maximum Gasteiger partial charge on any atom is 0.122 e. The number of ether oxygens (including phenoxy) is 1. The summed E-state index contributed by atoms with van der Waals surface area (Å²) in [6.07, 6.45) is 0.622. The highest BCUT2D eigenvalue weighted by atomic mass is 16.5. The molecule has 1 rings (SSSR count). The molecule has 90 valence electrons. The van der Waals surface area contributed by atoms with E-state index in [4.69, 9.17) is 4.74 Å². The van der Waals surface area contributed by atoms with Gasteiger partial charge in [-0.25, -0.2) is 0 Å². The minimum atomic E-state index is -0.453. The lowest BCUT2D eigenvalue weighted by Crippen LogP contribution is -2.31. The van der Waals surface area contributed by atoms with Crippen LogP contribution in [0.1, 0.15) is 18.9 Å². The van der Waals surface area contributed by atoms with Crippen molar-refractivity contribution in [1.82, 2.24) is 5.32 Å². The van der Waals surface area contributed by atoms with Crippen LogP contribution in [0.25, 0.3) is 0 Å². The molecule has 0 fully saturated rings. The molecule has 16 heavy (non-hydrogen) atoms. The Balaban J connectivity index is 2.26. The predicted octanol–water partition coefficient (Wildman–Crippen LogP) is 1.73. The minimum absolute atomic E-state index is 0.335. The van der Waals surface area contributed by atoms with E-state index in [0.29, 0.717) is 13.2 Å². The number of nitrogens with one attached hydrogen (secondary N) is 1. The maximum absolute atomic E-state index is 9.64. The van der Waals surface area contributed by atoms with Gasteiger partial charge < -0.3 is 15.2 Å². The number of rotatable bonds is 7. The third-order valence-corrected chi connectivity index (χ3v) is 2.33. The van der Waals surface area contributed by atoms with Crippen molar-refractivity contribution in [2.24, 2.45) is 0 Å². The molecule has 0 unspecified atom stereocenters. The largest absolute Gasteiger partial charge is 0.491 e. The summed E-state index contributed by atoms with van der Waals surface area (Å²) >= 11 is 0.